The lowest BCUT2D eigenvalue weighted by Crippen LogP contribution is -2.15. The van der Waals surface area contributed by atoms with Crippen LogP contribution in [-0.2, 0) is 4.74 Å². The summed E-state index contributed by atoms with van der Waals surface area (Å²) in [6, 6.07) is 10.7. The molecule has 7 nitrogen and oxygen atoms in total. The van der Waals surface area contributed by atoms with Crippen LogP contribution in [0.5, 0.6) is 0 Å². The first-order chi connectivity index (χ1) is 13.5. The van der Waals surface area contributed by atoms with E-state index in [1.165, 1.54) is 13.2 Å². The molecular weight excluding hydrogens is 370 g/mol. The molecule has 0 spiro atoms. The Morgan fingerprint density at radius 1 is 1.00 bits per heavy atom. The summed E-state index contributed by atoms with van der Waals surface area (Å²) >= 11 is 0. The number of halogens is 2. The lowest BCUT2D eigenvalue weighted by molar-refractivity contribution is 0.0601. The molecule has 0 saturated heterocycles. The quantitative estimate of drug-likeness (QED) is 0.654. The van der Waals surface area contributed by atoms with Crippen LogP contribution in [0.3, 0.4) is 0 Å². The summed E-state index contributed by atoms with van der Waals surface area (Å²) in [6.07, 6.45) is 1.14. The average molecular weight is 384 g/mol. The van der Waals surface area contributed by atoms with E-state index < -0.39 is 23.5 Å². The van der Waals surface area contributed by atoms with E-state index in [2.05, 4.69) is 20.6 Å². The fraction of sp³-hybridized carbons (Fsp3) is 0.0526. The molecule has 2 N–H and O–H groups in total. The van der Waals surface area contributed by atoms with Crippen molar-refractivity contribution in [3.8, 4) is 0 Å². The second-order valence-electron chi connectivity index (χ2n) is 5.53. The van der Waals surface area contributed by atoms with Crippen molar-refractivity contribution in [2.24, 2.45) is 0 Å². The predicted octanol–water partition coefficient (Wildman–Crippen LogP) is 3.54. The molecule has 0 aliphatic heterocycles. The number of aromatic nitrogens is 2. The molecule has 9 heteroatoms. The number of rotatable bonds is 5. The number of hydrogen-bond donors (Lipinski definition) is 2. The van der Waals surface area contributed by atoms with Gasteiger partial charge in [-0.15, -0.1) is 0 Å². The highest BCUT2D eigenvalue weighted by Gasteiger charge is 2.14. The van der Waals surface area contributed by atoms with Gasteiger partial charge in [-0.1, -0.05) is 12.1 Å². The van der Waals surface area contributed by atoms with Gasteiger partial charge in [-0.25, -0.2) is 23.5 Å². The van der Waals surface area contributed by atoms with Crippen LogP contribution in [0.15, 0.2) is 54.9 Å². The third-order valence-electron chi connectivity index (χ3n) is 3.67. The lowest BCUT2D eigenvalue weighted by Gasteiger charge is -2.11. The average Bonchev–Trinajstić information content (AvgIpc) is 2.70. The summed E-state index contributed by atoms with van der Waals surface area (Å²) in [5.74, 6) is -2.68. The topological polar surface area (TPSA) is 93.2 Å². The van der Waals surface area contributed by atoms with E-state index in [0.29, 0.717) is 11.8 Å². The maximum Gasteiger partial charge on any atom is 0.339 e. The number of nitrogens with one attached hydrogen (secondary N) is 2. The molecule has 142 valence electrons. The lowest BCUT2D eigenvalue weighted by atomic mass is 10.2. The number of hydrogen-bond acceptors (Lipinski definition) is 6. The molecule has 0 bridgehead atoms. The number of para-hydroxylation sites is 1. The number of esters is 1. The summed E-state index contributed by atoms with van der Waals surface area (Å²) in [5.41, 5.74) is 0.458. The van der Waals surface area contributed by atoms with E-state index in [9.17, 15) is 18.4 Å². The van der Waals surface area contributed by atoms with Gasteiger partial charge in [0, 0.05) is 12.1 Å². The first-order valence-electron chi connectivity index (χ1n) is 8.00. The molecule has 0 fully saturated rings. The monoisotopic (exact) mass is 384 g/mol. The molecule has 0 atom stereocenters. The Morgan fingerprint density at radius 3 is 2.54 bits per heavy atom. The van der Waals surface area contributed by atoms with Crippen molar-refractivity contribution >= 4 is 29.1 Å². The number of benzene rings is 2. The Hall–Kier alpha value is -3.88. The molecule has 0 aliphatic rings. The molecule has 3 aromatic rings. The van der Waals surface area contributed by atoms with Crippen molar-refractivity contribution in [1.29, 1.82) is 0 Å². The molecule has 0 unspecified atom stereocenters. The summed E-state index contributed by atoms with van der Waals surface area (Å²) < 4.78 is 31.4. The van der Waals surface area contributed by atoms with Crippen molar-refractivity contribution < 1.29 is 23.1 Å². The number of carbonyl (C=O) groups is 2. The van der Waals surface area contributed by atoms with Gasteiger partial charge < -0.3 is 15.4 Å². The number of ether oxygens (including phenoxy) is 1. The van der Waals surface area contributed by atoms with E-state index in [-0.39, 0.29) is 22.8 Å². The van der Waals surface area contributed by atoms with Crippen molar-refractivity contribution in [3.05, 3.63) is 77.8 Å². The number of anilines is 3. The van der Waals surface area contributed by atoms with Crippen LogP contribution in [0.1, 0.15) is 20.8 Å². The van der Waals surface area contributed by atoms with E-state index in [0.717, 1.165) is 18.5 Å². The molecule has 0 aliphatic carbocycles. The van der Waals surface area contributed by atoms with Crippen LogP contribution in [0.25, 0.3) is 0 Å². The van der Waals surface area contributed by atoms with Crippen molar-refractivity contribution in [1.82, 2.24) is 9.97 Å². The molecular formula is C19H14F2N4O3. The molecule has 1 heterocycles. The Morgan fingerprint density at radius 2 is 1.79 bits per heavy atom. The van der Waals surface area contributed by atoms with Crippen molar-refractivity contribution in [2.75, 3.05) is 17.7 Å². The highest BCUT2D eigenvalue weighted by molar-refractivity contribution is 6.03. The fourth-order valence-electron chi connectivity index (χ4n) is 2.35. The Kier molecular flexibility index (Phi) is 5.54. The maximum absolute atomic E-state index is 13.7. The largest absolute Gasteiger partial charge is 0.465 e. The maximum atomic E-state index is 13.7. The molecule has 0 radical (unpaired) electrons. The summed E-state index contributed by atoms with van der Waals surface area (Å²) in [4.78, 5) is 32.0. The summed E-state index contributed by atoms with van der Waals surface area (Å²) in [5, 5.41) is 5.22. The smallest absolute Gasteiger partial charge is 0.339 e. The number of carbonyl (C=O) groups excluding carboxylic acids is 2. The van der Waals surface area contributed by atoms with Gasteiger partial charge in [0.05, 0.1) is 24.0 Å². The first-order valence-corrected chi connectivity index (χ1v) is 8.00. The summed E-state index contributed by atoms with van der Waals surface area (Å²) in [7, 11) is 1.26. The Balaban J connectivity index is 1.81. The Labute approximate surface area is 158 Å². The highest BCUT2D eigenvalue weighted by atomic mass is 19.1. The van der Waals surface area contributed by atoms with Crippen LogP contribution in [0.2, 0.25) is 0 Å². The van der Waals surface area contributed by atoms with Gasteiger partial charge in [-0.3, -0.25) is 4.79 Å². The van der Waals surface area contributed by atoms with Crippen LogP contribution in [0, 0.1) is 11.6 Å². The minimum atomic E-state index is -0.909. The van der Waals surface area contributed by atoms with Crippen LogP contribution < -0.4 is 10.6 Å². The van der Waals surface area contributed by atoms with Crippen LogP contribution in [-0.4, -0.2) is 29.0 Å². The minimum absolute atomic E-state index is 0.0585. The normalized spacial score (nSPS) is 10.2. The third-order valence-corrected chi connectivity index (χ3v) is 3.67. The number of nitrogens with zero attached hydrogens (tertiary/aromatic N) is 2. The first kappa shape index (κ1) is 18.9. The molecule has 3 rings (SSSR count). The number of methoxy groups -OCH3 is 1. The van der Waals surface area contributed by atoms with Gasteiger partial charge in [0.1, 0.15) is 29.5 Å². The zero-order chi connectivity index (χ0) is 20.1. The van der Waals surface area contributed by atoms with E-state index in [1.54, 1.807) is 24.3 Å². The zero-order valence-corrected chi connectivity index (χ0v) is 14.6. The molecule has 28 heavy (non-hydrogen) atoms. The van der Waals surface area contributed by atoms with Crippen LogP contribution >= 0.6 is 0 Å². The summed E-state index contributed by atoms with van der Waals surface area (Å²) in [6.45, 7) is 0. The standard InChI is InChI=1S/C19H14F2N4O3/c1-28-19(27)12-4-2-3-5-14(12)24-17-9-16(22-10-23-17)18(26)25-15-7-6-11(20)8-13(15)21/h2-10H,1H3,(H,25,26)(H,22,23,24). The van der Waals surface area contributed by atoms with Crippen molar-refractivity contribution in [3.63, 3.8) is 0 Å². The van der Waals surface area contributed by atoms with Gasteiger partial charge in [0.25, 0.3) is 5.91 Å². The van der Waals surface area contributed by atoms with E-state index in [4.69, 9.17) is 4.74 Å². The van der Waals surface area contributed by atoms with Gasteiger partial charge in [0.15, 0.2) is 0 Å². The SMILES string of the molecule is COC(=O)c1ccccc1Nc1cc(C(=O)Nc2ccc(F)cc2F)ncn1. The van der Waals surface area contributed by atoms with E-state index >= 15 is 0 Å². The van der Waals surface area contributed by atoms with Gasteiger partial charge in [0.2, 0.25) is 0 Å². The van der Waals surface area contributed by atoms with Gasteiger partial charge >= 0.3 is 5.97 Å². The minimum Gasteiger partial charge on any atom is -0.465 e. The predicted molar refractivity (Wildman–Crippen MR) is 97.4 cm³/mol. The van der Waals surface area contributed by atoms with Gasteiger partial charge in [-0.2, -0.15) is 0 Å². The van der Waals surface area contributed by atoms with Gasteiger partial charge in [-0.05, 0) is 24.3 Å². The molecule has 2 aromatic carbocycles. The second-order valence-corrected chi connectivity index (χ2v) is 5.53. The van der Waals surface area contributed by atoms with E-state index in [1.807, 2.05) is 0 Å². The third kappa shape index (κ3) is 4.26. The van der Waals surface area contributed by atoms with Crippen LogP contribution in [0.4, 0.5) is 26.0 Å². The molecule has 1 amide bonds. The number of amides is 1. The fourth-order valence-corrected chi connectivity index (χ4v) is 2.35. The molecule has 1 aromatic heterocycles. The second kappa shape index (κ2) is 8.21. The highest BCUT2D eigenvalue weighted by Crippen LogP contribution is 2.21. The Bertz CT molecular complexity index is 1040. The molecule has 0 saturated carbocycles. The zero-order valence-electron chi connectivity index (χ0n) is 14.6. The van der Waals surface area contributed by atoms with Crippen molar-refractivity contribution in [2.45, 2.75) is 0 Å².